The van der Waals surface area contributed by atoms with Crippen LogP contribution < -0.4 is 4.74 Å². The molecule has 1 aliphatic rings. The molecule has 0 saturated carbocycles. The molecule has 54 heavy (non-hydrogen) atoms. The minimum atomic E-state index is 0. The fourth-order valence-electron chi connectivity index (χ4n) is 8.60. The van der Waals surface area contributed by atoms with Crippen LogP contribution in [0.25, 0.3) is 42.2 Å². The van der Waals surface area contributed by atoms with Crippen LogP contribution in [0.3, 0.4) is 0 Å². The molecule has 1 N–H and O–H groups in total. The number of benzene rings is 3. The van der Waals surface area contributed by atoms with Gasteiger partial charge in [-0.1, -0.05) is 105 Å². The molecule has 6 rings (SSSR count). The van der Waals surface area contributed by atoms with E-state index in [0.29, 0.717) is 0 Å². The number of nitrogens with zero attached hydrogens (tertiary/aromatic N) is 1. The molecule has 3 aromatic carbocycles. The van der Waals surface area contributed by atoms with Crippen molar-refractivity contribution in [3.63, 3.8) is 0 Å². The zero-order chi connectivity index (χ0) is 39.0. The fraction of sp³-hybridized carbons (Fsp3) is 0.500. The summed E-state index contributed by atoms with van der Waals surface area (Å²) < 4.78 is 8.78. The molecular formula is C48H62IrNO3S-. The maximum absolute atomic E-state index is 11.7. The molecule has 5 aromatic rings. The van der Waals surface area contributed by atoms with Crippen molar-refractivity contribution >= 4 is 48.1 Å². The molecule has 4 nitrogen and oxygen atoms in total. The monoisotopic (exact) mass is 925 g/mol. The van der Waals surface area contributed by atoms with Gasteiger partial charge in [-0.2, -0.15) is 0 Å². The Kier molecular flexibility index (Phi) is 13.7. The van der Waals surface area contributed by atoms with Crippen LogP contribution in [0.2, 0.25) is 0 Å². The Labute approximate surface area is 342 Å². The van der Waals surface area contributed by atoms with Gasteiger partial charge in [-0.15, -0.1) is 40.5 Å². The number of methoxy groups -OCH3 is 1. The number of fused-ring (bicyclic) bond motifs is 6. The quantitative estimate of drug-likeness (QED) is 0.0909. The summed E-state index contributed by atoms with van der Waals surface area (Å²) in [5.41, 5.74) is 7.90. The molecule has 293 valence electrons. The largest absolute Gasteiger partial charge is 0.512 e. The van der Waals surface area contributed by atoms with E-state index >= 15 is 0 Å². The van der Waals surface area contributed by atoms with Gasteiger partial charge in [0.1, 0.15) is 5.75 Å². The number of allylic oxidation sites excluding steroid dienone is 2. The molecule has 0 unspecified atom stereocenters. The minimum Gasteiger partial charge on any atom is -0.512 e. The Morgan fingerprint density at radius 3 is 2.09 bits per heavy atom. The number of aliphatic hydroxyl groups excluding tert-OH is 1. The third kappa shape index (κ3) is 8.23. The van der Waals surface area contributed by atoms with Crippen LogP contribution in [0.15, 0.2) is 54.4 Å². The van der Waals surface area contributed by atoms with E-state index < -0.39 is 0 Å². The van der Waals surface area contributed by atoms with Gasteiger partial charge in [0.15, 0.2) is 5.78 Å². The van der Waals surface area contributed by atoms with E-state index in [1.54, 1.807) is 0 Å². The van der Waals surface area contributed by atoms with E-state index in [9.17, 15) is 9.90 Å². The molecule has 1 radical (unpaired) electrons. The second-order valence-electron chi connectivity index (χ2n) is 17.4. The van der Waals surface area contributed by atoms with Crippen molar-refractivity contribution in [1.82, 2.24) is 4.98 Å². The summed E-state index contributed by atoms with van der Waals surface area (Å²) >= 11 is 1.90. The predicted octanol–water partition coefficient (Wildman–Crippen LogP) is 13.9. The van der Waals surface area contributed by atoms with Gasteiger partial charge < -0.3 is 9.84 Å². The number of pyridine rings is 1. The van der Waals surface area contributed by atoms with Gasteiger partial charge in [-0.05, 0) is 84.5 Å². The third-order valence-electron chi connectivity index (χ3n) is 11.9. The van der Waals surface area contributed by atoms with E-state index in [0.717, 1.165) is 48.1 Å². The van der Waals surface area contributed by atoms with Crippen molar-refractivity contribution < 1.29 is 34.7 Å². The predicted molar refractivity (Wildman–Crippen MR) is 228 cm³/mol. The molecule has 0 fully saturated rings. The number of ketones is 1. The number of hydrogen-bond acceptors (Lipinski definition) is 5. The van der Waals surface area contributed by atoms with Gasteiger partial charge in [0.05, 0.1) is 12.9 Å². The average molecular weight is 925 g/mol. The van der Waals surface area contributed by atoms with Crippen molar-refractivity contribution in [2.24, 2.45) is 11.8 Å². The van der Waals surface area contributed by atoms with Gasteiger partial charge in [-0.25, -0.2) is 0 Å². The van der Waals surface area contributed by atoms with Crippen molar-refractivity contribution in [2.45, 2.75) is 138 Å². The molecule has 0 spiro atoms. The second-order valence-corrected chi connectivity index (χ2v) is 18.4. The SMILES string of the molecule is CCC(CC)C(=O)/C=C(\O)C(CC)CC.COc1c(C)c2c(c3sc4c(-c5[c-]c6ccccc6c(C(C)(C)C)c5)nccc4c13)C(C)(C)CCC2(C)C.[Ir]. The van der Waals surface area contributed by atoms with Gasteiger partial charge >= 0.3 is 0 Å². The van der Waals surface area contributed by atoms with Crippen LogP contribution in [-0.4, -0.2) is 23.0 Å². The van der Waals surface area contributed by atoms with Crippen LogP contribution in [-0.2, 0) is 41.1 Å². The van der Waals surface area contributed by atoms with Crippen LogP contribution >= 0.6 is 11.3 Å². The summed E-state index contributed by atoms with van der Waals surface area (Å²) in [6, 6.07) is 16.8. The maximum Gasteiger partial charge on any atom is 0.162 e. The third-order valence-corrected chi connectivity index (χ3v) is 13.1. The van der Waals surface area contributed by atoms with E-state index in [1.165, 1.54) is 66.7 Å². The smallest absolute Gasteiger partial charge is 0.162 e. The summed E-state index contributed by atoms with van der Waals surface area (Å²) in [6.45, 7) is 26.8. The number of thiophene rings is 1. The number of ether oxygens (including phenoxy) is 1. The first-order valence-electron chi connectivity index (χ1n) is 19.8. The first kappa shape index (κ1) is 43.7. The Bertz CT molecular complexity index is 2160. The molecule has 0 atom stereocenters. The van der Waals surface area contributed by atoms with Crippen molar-refractivity contribution in [3.8, 4) is 17.0 Å². The van der Waals surface area contributed by atoms with Crippen LogP contribution in [0, 0.1) is 24.8 Å². The number of rotatable bonds is 9. The van der Waals surface area contributed by atoms with Crippen LogP contribution in [0.1, 0.15) is 137 Å². The van der Waals surface area contributed by atoms with E-state index in [1.807, 2.05) is 52.3 Å². The van der Waals surface area contributed by atoms with E-state index in [-0.39, 0.29) is 59.7 Å². The molecule has 0 aliphatic heterocycles. The van der Waals surface area contributed by atoms with Crippen molar-refractivity contribution in [2.75, 3.05) is 7.11 Å². The first-order chi connectivity index (χ1) is 24.9. The second kappa shape index (κ2) is 17.0. The Morgan fingerprint density at radius 2 is 1.52 bits per heavy atom. The van der Waals surface area contributed by atoms with Gasteiger partial charge in [0, 0.05) is 70.1 Å². The molecule has 0 saturated heterocycles. The summed E-state index contributed by atoms with van der Waals surface area (Å²) in [4.78, 5) is 16.7. The van der Waals surface area contributed by atoms with Crippen LogP contribution in [0.5, 0.6) is 5.75 Å². The van der Waals surface area contributed by atoms with E-state index in [2.05, 4.69) is 97.9 Å². The average Bonchev–Trinajstić information content (AvgIpc) is 3.49. The molecule has 2 heterocycles. The number of carbonyl (C=O) groups excluding carboxylic acids is 1. The zero-order valence-electron chi connectivity index (χ0n) is 35.0. The van der Waals surface area contributed by atoms with Gasteiger partial charge in [-0.3, -0.25) is 9.78 Å². The molecule has 2 aromatic heterocycles. The Morgan fingerprint density at radius 1 is 0.926 bits per heavy atom. The molecule has 0 bridgehead atoms. The summed E-state index contributed by atoms with van der Waals surface area (Å²) in [6.07, 6.45) is 9.23. The summed E-state index contributed by atoms with van der Waals surface area (Å²) in [5, 5.41) is 14.6. The van der Waals surface area contributed by atoms with Crippen LogP contribution in [0.4, 0.5) is 0 Å². The minimum absolute atomic E-state index is 0. The number of aliphatic hydroxyl groups is 1. The van der Waals surface area contributed by atoms with Gasteiger partial charge in [0.2, 0.25) is 0 Å². The summed E-state index contributed by atoms with van der Waals surface area (Å²) in [5.74, 6) is 1.57. The van der Waals surface area contributed by atoms with Crippen molar-refractivity contribution in [3.05, 3.63) is 82.8 Å². The topological polar surface area (TPSA) is 59.4 Å². The zero-order valence-corrected chi connectivity index (χ0v) is 38.2. The Balaban J connectivity index is 0.000000347. The number of carbonyl (C=O) groups is 1. The van der Waals surface area contributed by atoms with Gasteiger partial charge in [0.25, 0.3) is 0 Å². The van der Waals surface area contributed by atoms with Crippen molar-refractivity contribution in [1.29, 1.82) is 0 Å². The maximum atomic E-state index is 11.7. The molecule has 6 heteroatoms. The fourth-order valence-corrected chi connectivity index (χ4v) is 10.1. The molecular weight excluding hydrogens is 863 g/mol. The first-order valence-corrected chi connectivity index (χ1v) is 20.6. The molecule has 0 amide bonds. The number of aromatic nitrogens is 1. The number of hydrogen-bond donors (Lipinski definition) is 1. The van der Waals surface area contributed by atoms with E-state index in [4.69, 9.17) is 9.72 Å². The Hall–Kier alpha value is -3.05. The summed E-state index contributed by atoms with van der Waals surface area (Å²) in [7, 11) is 1.83. The molecule has 1 aliphatic carbocycles. The normalized spacial score (nSPS) is 15.3. The standard InChI is InChI=1S/C35H38NOS.C13H24O2.Ir/c1-20-27-28(35(7,8)16-15-34(27,5)6)32-26(30(20)37-9)24-14-17-36-29(31(24)38-32)22-18-21-12-10-11-13-23(21)25(19-22)33(2,3)4;1-5-10(6-2)12(14)9-13(15)11(7-3)8-4;/h10-14,17,19H,15-16H2,1-9H3;9-11,14H,5-8H2,1-4H3;/q-1;;/b;12-9-;.